The Balaban J connectivity index is 0. The molecular formula is C4H14Sn2. The molecule has 0 aliphatic carbocycles. The first-order valence-electron chi connectivity index (χ1n) is 2.31. The SMILES string of the molecule is [CH3][SnH][CH3].[CH3][SnH][CH3]. The van der Waals surface area contributed by atoms with Gasteiger partial charge in [0.1, 0.15) is 0 Å². The van der Waals surface area contributed by atoms with Gasteiger partial charge in [0.2, 0.25) is 0 Å². The molecule has 6 heavy (non-hydrogen) atoms. The summed E-state index contributed by atoms with van der Waals surface area (Å²) in [4.78, 5) is 9.26. The zero-order chi connectivity index (χ0) is 5.41. The van der Waals surface area contributed by atoms with Crippen molar-refractivity contribution in [3.05, 3.63) is 0 Å². The van der Waals surface area contributed by atoms with E-state index in [1.165, 1.54) is 0 Å². The van der Waals surface area contributed by atoms with Crippen molar-refractivity contribution in [1.82, 2.24) is 0 Å². The summed E-state index contributed by atoms with van der Waals surface area (Å²) in [5.74, 6) is 0. The van der Waals surface area contributed by atoms with Crippen molar-refractivity contribution >= 4 is 42.3 Å². The van der Waals surface area contributed by atoms with Crippen LogP contribution in [0.3, 0.4) is 0 Å². The van der Waals surface area contributed by atoms with Crippen molar-refractivity contribution in [2.75, 3.05) is 0 Å². The summed E-state index contributed by atoms with van der Waals surface area (Å²) < 4.78 is 0. The Hall–Kier alpha value is 1.60. The molecule has 38 valence electrons. The minimum atomic E-state index is 0.110. The number of hydrogen-bond donors (Lipinski definition) is 0. The number of rotatable bonds is 0. The zero-order valence-corrected chi connectivity index (χ0v) is 11.7. The molecule has 0 fully saturated rings. The second kappa shape index (κ2) is 16.0. The Labute approximate surface area is 61.5 Å². The van der Waals surface area contributed by atoms with Gasteiger partial charge in [-0.1, -0.05) is 0 Å². The van der Waals surface area contributed by atoms with E-state index in [4.69, 9.17) is 0 Å². The van der Waals surface area contributed by atoms with Gasteiger partial charge in [0.05, 0.1) is 0 Å². The van der Waals surface area contributed by atoms with Crippen LogP contribution in [0.5, 0.6) is 0 Å². The molecule has 0 amide bonds. The average Bonchev–Trinajstić information content (AvgIpc) is 1.39. The van der Waals surface area contributed by atoms with Crippen molar-refractivity contribution < 1.29 is 0 Å². The van der Waals surface area contributed by atoms with Crippen LogP contribution in [0.15, 0.2) is 0 Å². The summed E-state index contributed by atoms with van der Waals surface area (Å²) in [6, 6.07) is 0. The summed E-state index contributed by atoms with van der Waals surface area (Å²) in [6.45, 7) is 0. The molecular weight excluding hydrogens is 285 g/mol. The molecule has 0 aliphatic heterocycles. The van der Waals surface area contributed by atoms with Crippen molar-refractivity contribution in [3.8, 4) is 0 Å². The Morgan fingerprint density at radius 3 is 0.667 bits per heavy atom. The van der Waals surface area contributed by atoms with E-state index in [1.54, 1.807) is 0 Å². The van der Waals surface area contributed by atoms with Crippen LogP contribution in [0.4, 0.5) is 0 Å². The van der Waals surface area contributed by atoms with Gasteiger partial charge in [-0.2, -0.15) is 0 Å². The van der Waals surface area contributed by atoms with Crippen molar-refractivity contribution in [2.45, 2.75) is 19.8 Å². The normalized spacial score (nSPS) is 6.00. The van der Waals surface area contributed by atoms with E-state index >= 15 is 0 Å². The van der Waals surface area contributed by atoms with Gasteiger partial charge in [-0.15, -0.1) is 0 Å². The summed E-state index contributed by atoms with van der Waals surface area (Å²) in [5, 5.41) is 0. The topological polar surface area (TPSA) is 0 Å². The van der Waals surface area contributed by atoms with E-state index in [0.717, 1.165) is 0 Å². The molecule has 0 rings (SSSR count). The molecule has 0 saturated carbocycles. The van der Waals surface area contributed by atoms with Crippen LogP contribution < -0.4 is 0 Å². The van der Waals surface area contributed by atoms with Gasteiger partial charge in [0.25, 0.3) is 0 Å². The Morgan fingerprint density at radius 1 is 0.667 bits per heavy atom. The van der Waals surface area contributed by atoms with Gasteiger partial charge >= 0.3 is 62.0 Å². The van der Waals surface area contributed by atoms with Gasteiger partial charge in [-0.3, -0.25) is 0 Å². The predicted octanol–water partition coefficient (Wildman–Crippen LogP) is 1.04. The average molecular weight is 300 g/mol. The van der Waals surface area contributed by atoms with Crippen molar-refractivity contribution in [1.29, 1.82) is 0 Å². The van der Waals surface area contributed by atoms with E-state index in [1.807, 2.05) is 0 Å². The van der Waals surface area contributed by atoms with E-state index in [0.29, 0.717) is 0 Å². The quantitative estimate of drug-likeness (QED) is 0.586. The Kier molecular flexibility index (Phi) is 28.1. The number of hydrogen-bond acceptors (Lipinski definition) is 0. The van der Waals surface area contributed by atoms with Crippen LogP contribution >= 0.6 is 0 Å². The predicted molar refractivity (Wildman–Crippen MR) is 37.8 cm³/mol. The molecule has 2 heteroatoms. The molecule has 0 bridgehead atoms. The van der Waals surface area contributed by atoms with Gasteiger partial charge in [-0.05, 0) is 0 Å². The monoisotopic (exact) mass is 302 g/mol. The van der Waals surface area contributed by atoms with Crippen LogP contribution in [-0.4, -0.2) is 42.3 Å². The molecule has 0 N–H and O–H groups in total. The van der Waals surface area contributed by atoms with E-state index < -0.39 is 0 Å². The Morgan fingerprint density at radius 2 is 0.667 bits per heavy atom. The van der Waals surface area contributed by atoms with E-state index in [2.05, 4.69) is 19.8 Å². The van der Waals surface area contributed by atoms with Crippen molar-refractivity contribution in [3.63, 3.8) is 0 Å². The van der Waals surface area contributed by atoms with Gasteiger partial charge in [-0.25, -0.2) is 0 Å². The van der Waals surface area contributed by atoms with Gasteiger partial charge in [0, 0.05) is 0 Å². The molecule has 0 atom stereocenters. The maximum absolute atomic E-state index is 2.32. The van der Waals surface area contributed by atoms with E-state index in [-0.39, 0.29) is 42.3 Å². The summed E-state index contributed by atoms with van der Waals surface area (Å²) in [5.41, 5.74) is 0. The molecule has 0 aromatic heterocycles. The third-order valence-corrected chi connectivity index (χ3v) is 0. The first kappa shape index (κ1) is 10.6. The van der Waals surface area contributed by atoms with Crippen LogP contribution in [0.1, 0.15) is 0 Å². The van der Waals surface area contributed by atoms with Crippen LogP contribution in [0.2, 0.25) is 19.8 Å². The summed E-state index contributed by atoms with van der Waals surface area (Å²) in [7, 11) is 0. The fourth-order valence-electron chi connectivity index (χ4n) is 0. The second-order valence-electron chi connectivity index (χ2n) is 1.15. The third-order valence-electron chi connectivity index (χ3n) is 0. The third kappa shape index (κ3) is 46.4. The molecule has 0 aromatic carbocycles. The second-order valence-corrected chi connectivity index (χ2v) is 7.75. The molecule has 0 spiro atoms. The molecule has 2 radical (unpaired) electrons. The van der Waals surface area contributed by atoms with Crippen molar-refractivity contribution in [2.24, 2.45) is 0 Å². The molecule has 0 aromatic rings. The fraction of sp³-hybridized carbons (Fsp3) is 1.00. The van der Waals surface area contributed by atoms with Crippen LogP contribution in [0, 0.1) is 0 Å². The summed E-state index contributed by atoms with van der Waals surface area (Å²) in [6.07, 6.45) is 0. The standard InChI is InChI=1S/4CH3.2Sn.2H/h4*1H3;;;;. The summed E-state index contributed by atoms with van der Waals surface area (Å²) >= 11 is 0.220. The molecule has 0 nitrogen and oxygen atoms in total. The molecule has 0 aliphatic rings. The fourth-order valence-corrected chi connectivity index (χ4v) is 0. The molecule has 0 saturated heterocycles. The minimum absolute atomic E-state index is 0.110. The zero-order valence-electron chi connectivity index (χ0n) is 5.15. The first-order chi connectivity index (χ1) is 2.83. The van der Waals surface area contributed by atoms with Gasteiger partial charge in [0.15, 0.2) is 0 Å². The van der Waals surface area contributed by atoms with E-state index in [9.17, 15) is 0 Å². The molecule has 0 unspecified atom stereocenters. The van der Waals surface area contributed by atoms with Gasteiger partial charge < -0.3 is 0 Å². The molecule has 0 heterocycles. The van der Waals surface area contributed by atoms with Crippen LogP contribution in [-0.2, 0) is 0 Å². The Bertz CT molecular complexity index is 7.51. The maximum atomic E-state index is 2.32. The van der Waals surface area contributed by atoms with Crippen LogP contribution in [0.25, 0.3) is 0 Å². The first-order valence-corrected chi connectivity index (χ1v) is 15.5.